The molecular weight excluding hydrogens is 507 g/mol. The van der Waals surface area contributed by atoms with Crippen molar-refractivity contribution in [3.05, 3.63) is 60.2 Å². The number of nitrogens with zero attached hydrogens (tertiary/aromatic N) is 1. The number of methoxy groups -OCH3 is 1. The molecule has 0 fully saturated rings. The number of halogens is 1. The molecule has 1 amide bonds. The molecular formula is C23H33IN4O3. The molecule has 1 unspecified atom stereocenters. The minimum absolute atomic E-state index is 0. The molecule has 1 atom stereocenters. The number of nitrogens with one attached hydrogen (secondary N) is 3. The molecule has 170 valence electrons. The van der Waals surface area contributed by atoms with Gasteiger partial charge in [0.05, 0.1) is 13.7 Å². The van der Waals surface area contributed by atoms with Crippen molar-refractivity contribution in [3.8, 4) is 11.5 Å². The maximum Gasteiger partial charge on any atom is 0.222 e. The Bertz CT molecular complexity index is 802. The van der Waals surface area contributed by atoms with Crippen LogP contribution in [0.5, 0.6) is 11.5 Å². The van der Waals surface area contributed by atoms with Crippen LogP contribution in [0.1, 0.15) is 25.8 Å². The van der Waals surface area contributed by atoms with Crippen LogP contribution < -0.4 is 25.4 Å². The molecule has 0 heterocycles. The van der Waals surface area contributed by atoms with Crippen LogP contribution in [-0.4, -0.2) is 44.7 Å². The molecule has 0 aromatic heterocycles. The first-order valence-electron chi connectivity index (χ1n) is 10.2. The zero-order valence-corrected chi connectivity index (χ0v) is 20.7. The molecule has 0 aliphatic heterocycles. The highest BCUT2D eigenvalue weighted by atomic mass is 127. The van der Waals surface area contributed by atoms with Crippen LogP contribution in [0, 0.1) is 0 Å². The molecule has 0 saturated heterocycles. The lowest BCUT2D eigenvalue weighted by Gasteiger charge is -2.16. The fourth-order valence-electron chi connectivity index (χ4n) is 2.71. The Morgan fingerprint density at radius 3 is 2.35 bits per heavy atom. The van der Waals surface area contributed by atoms with Gasteiger partial charge in [-0.2, -0.15) is 0 Å². The first kappa shape index (κ1) is 26.5. The normalized spacial score (nSPS) is 11.6. The zero-order chi connectivity index (χ0) is 21.6. The fourth-order valence-corrected chi connectivity index (χ4v) is 2.71. The van der Waals surface area contributed by atoms with E-state index < -0.39 is 0 Å². The molecule has 0 spiro atoms. The number of para-hydroxylation sites is 2. The minimum atomic E-state index is -0.133. The monoisotopic (exact) mass is 540 g/mol. The van der Waals surface area contributed by atoms with Crippen molar-refractivity contribution < 1.29 is 14.3 Å². The number of hydrogen-bond donors (Lipinski definition) is 3. The molecule has 0 radical (unpaired) electrons. The van der Waals surface area contributed by atoms with Gasteiger partial charge in [0.2, 0.25) is 5.91 Å². The molecule has 0 aliphatic carbocycles. The summed E-state index contributed by atoms with van der Waals surface area (Å²) >= 11 is 0. The quantitative estimate of drug-likeness (QED) is 0.232. The summed E-state index contributed by atoms with van der Waals surface area (Å²) in [6.07, 6.45) is 0.232. The molecule has 2 aromatic rings. The summed E-state index contributed by atoms with van der Waals surface area (Å²) < 4.78 is 11.2. The second-order valence-corrected chi connectivity index (χ2v) is 6.74. The number of benzene rings is 2. The van der Waals surface area contributed by atoms with Gasteiger partial charge in [-0.25, -0.2) is 4.99 Å². The van der Waals surface area contributed by atoms with Crippen LogP contribution in [-0.2, 0) is 11.3 Å². The summed E-state index contributed by atoms with van der Waals surface area (Å²) in [6.45, 7) is 6.18. The van der Waals surface area contributed by atoms with Gasteiger partial charge >= 0.3 is 0 Å². The fraction of sp³-hybridized carbons (Fsp3) is 0.391. The first-order valence-corrected chi connectivity index (χ1v) is 10.2. The average molecular weight is 540 g/mol. The standard InChI is InChI=1S/C23H32N4O3.HI/c1-4-24-23(25-15-14-22(28)26-17-19-10-6-5-7-11-19)27-16-18(2)30-21-13-9-8-12-20(21)29-3;/h5-13,18H,4,14-17H2,1-3H3,(H,26,28)(H2,24,25,27);1H. The Hall–Kier alpha value is -2.49. The maximum absolute atomic E-state index is 12.0. The highest BCUT2D eigenvalue weighted by Crippen LogP contribution is 2.26. The van der Waals surface area contributed by atoms with E-state index in [1.54, 1.807) is 7.11 Å². The number of guanidine groups is 1. The lowest BCUT2D eigenvalue weighted by atomic mass is 10.2. The Morgan fingerprint density at radius 2 is 1.68 bits per heavy atom. The topological polar surface area (TPSA) is 84.0 Å². The summed E-state index contributed by atoms with van der Waals surface area (Å²) in [6, 6.07) is 17.4. The zero-order valence-electron chi connectivity index (χ0n) is 18.4. The van der Waals surface area contributed by atoms with Crippen molar-refractivity contribution in [1.82, 2.24) is 16.0 Å². The predicted octanol–water partition coefficient (Wildman–Crippen LogP) is 3.34. The predicted molar refractivity (Wildman–Crippen MR) is 135 cm³/mol. The van der Waals surface area contributed by atoms with Crippen LogP contribution in [0.25, 0.3) is 0 Å². The van der Waals surface area contributed by atoms with Gasteiger partial charge < -0.3 is 25.4 Å². The number of ether oxygens (including phenoxy) is 2. The van der Waals surface area contributed by atoms with E-state index in [0.29, 0.717) is 43.5 Å². The molecule has 3 N–H and O–H groups in total. The first-order chi connectivity index (χ1) is 14.6. The van der Waals surface area contributed by atoms with Gasteiger partial charge in [0, 0.05) is 26.1 Å². The molecule has 2 rings (SSSR count). The van der Waals surface area contributed by atoms with E-state index in [1.165, 1.54) is 0 Å². The largest absolute Gasteiger partial charge is 0.493 e. The molecule has 0 aliphatic rings. The van der Waals surface area contributed by atoms with E-state index in [9.17, 15) is 4.79 Å². The number of amides is 1. The Balaban J connectivity index is 0.00000480. The second-order valence-electron chi connectivity index (χ2n) is 6.74. The number of rotatable bonds is 11. The third kappa shape index (κ3) is 10.4. The Morgan fingerprint density at radius 1 is 1.00 bits per heavy atom. The van der Waals surface area contributed by atoms with Gasteiger partial charge in [0.1, 0.15) is 6.10 Å². The Labute approximate surface area is 202 Å². The number of carbonyl (C=O) groups is 1. The molecule has 31 heavy (non-hydrogen) atoms. The SMILES string of the molecule is CCNC(=NCC(C)Oc1ccccc1OC)NCCC(=O)NCc1ccccc1.I. The third-order valence-corrected chi connectivity index (χ3v) is 4.22. The van der Waals surface area contributed by atoms with Crippen molar-refractivity contribution in [1.29, 1.82) is 0 Å². The van der Waals surface area contributed by atoms with Gasteiger partial charge in [0.15, 0.2) is 17.5 Å². The van der Waals surface area contributed by atoms with E-state index >= 15 is 0 Å². The lowest BCUT2D eigenvalue weighted by Crippen LogP contribution is -2.40. The second kappa shape index (κ2) is 15.3. The summed E-state index contributed by atoms with van der Waals surface area (Å²) in [7, 11) is 1.62. The summed E-state index contributed by atoms with van der Waals surface area (Å²) in [4.78, 5) is 16.6. The van der Waals surface area contributed by atoms with Gasteiger partial charge in [-0.1, -0.05) is 42.5 Å². The van der Waals surface area contributed by atoms with E-state index in [4.69, 9.17) is 9.47 Å². The van der Waals surface area contributed by atoms with Crippen LogP contribution in [0.15, 0.2) is 59.6 Å². The van der Waals surface area contributed by atoms with Crippen LogP contribution >= 0.6 is 24.0 Å². The summed E-state index contributed by atoms with van der Waals surface area (Å²) in [5.74, 6) is 2.04. The van der Waals surface area contributed by atoms with Gasteiger partial charge in [0.25, 0.3) is 0 Å². The lowest BCUT2D eigenvalue weighted by molar-refractivity contribution is -0.121. The van der Waals surface area contributed by atoms with Gasteiger partial charge in [-0.3, -0.25) is 4.79 Å². The number of hydrogen-bond acceptors (Lipinski definition) is 4. The van der Waals surface area contributed by atoms with Crippen molar-refractivity contribution in [2.45, 2.75) is 32.9 Å². The van der Waals surface area contributed by atoms with Crippen molar-refractivity contribution in [3.63, 3.8) is 0 Å². The smallest absolute Gasteiger partial charge is 0.222 e. The molecule has 0 saturated carbocycles. The van der Waals surface area contributed by atoms with Crippen molar-refractivity contribution in [2.24, 2.45) is 4.99 Å². The van der Waals surface area contributed by atoms with Crippen molar-refractivity contribution >= 4 is 35.8 Å². The van der Waals surface area contributed by atoms with Crippen molar-refractivity contribution in [2.75, 3.05) is 26.7 Å². The minimum Gasteiger partial charge on any atom is -0.493 e. The molecule has 8 heteroatoms. The molecule has 0 bridgehead atoms. The number of carbonyl (C=O) groups excluding carboxylic acids is 1. The van der Waals surface area contributed by atoms with Gasteiger partial charge in [-0.05, 0) is 31.5 Å². The molecule has 2 aromatic carbocycles. The van der Waals surface area contributed by atoms with E-state index in [0.717, 1.165) is 12.1 Å². The van der Waals surface area contributed by atoms with E-state index in [1.807, 2.05) is 68.4 Å². The van der Waals surface area contributed by atoms with E-state index in [-0.39, 0.29) is 36.0 Å². The van der Waals surface area contributed by atoms with Crippen LogP contribution in [0.4, 0.5) is 0 Å². The maximum atomic E-state index is 12.0. The summed E-state index contributed by atoms with van der Waals surface area (Å²) in [5.41, 5.74) is 1.08. The highest BCUT2D eigenvalue weighted by molar-refractivity contribution is 14.0. The molecule has 7 nitrogen and oxygen atoms in total. The van der Waals surface area contributed by atoms with Gasteiger partial charge in [-0.15, -0.1) is 24.0 Å². The summed E-state index contributed by atoms with van der Waals surface area (Å²) in [5, 5.41) is 9.29. The number of aliphatic imine (C=N–C) groups is 1. The third-order valence-electron chi connectivity index (χ3n) is 4.22. The highest BCUT2D eigenvalue weighted by Gasteiger charge is 2.09. The van der Waals surface area contributed by atoms with Crippen LogP contribution in [0.3, 0.4) is 0 Å². The van der Waals surface area contributed by atoms with Crippen LogP contribution in [0.2, 0.25) is 0 Å². The average Bonchev–Trinajstić information content (AvgIpc) is 2.77. The van der Waals surface area contributed by atoms with E-state index in [2.05, 4.69) is 20.9 Å². The Kier molecular flexibility index (Phi) is 13.1.